The van der Waals surface area contributed by atoms with Crippen LogP contribution in [0.25, 0.3) is 0 Å². The van der Waals surface area contributed by atoms with Crippen molar-refractivity contribution in [3.63, 3.8) is 0 Å². The van der Waals surface area contributed by atoms with Crippen LogP contribution in [0, 0.1) is 11.6 Å². The summed E-state index contributed by atoms with van der Waals surface area (Å²) in [5.41, 5.74) is -0.492. The molecule has 1 unspecified atom stereocenters. The molecular weight excluding hydrogens is 300 g/mol. The predicted octanol–water partition coefficient (Wildman–Crippen LogP) is 4.02. The molecule has 0 saturated carbocycles. The van der Waals surface area contributed by atoms with Gasteiger partial charge in [-0.1, -0.05) is 17.7 Å². The number of hydrogen-bond donors (Lipinski definition) is 1. The van der Waals surface area contributed by atoms with E-state index in [4.69, 9.17) is 16.3 Å². The lowest BCUT2D eigenvalue weighted by atomic mass is 10.2. The van der Waals surface area contributed by atoms with Crippen molar-refractivity contribution >= 4 is 23.2 Å². The van der Waals surface area contributed by atoms with Crippen LogP contribution in [-0.4, -0.2) is 12.0 Å². The predicted molar refractivity (Wildman–Crippen MR) is 76.5 cm³/mol. The number of carbonyl (C=O) groups excluding carboxylic acids is 1. The van der Waals surface area contributed by atoms with Gasteiger partial charge in [0, 0.05) is 5.02 Å². The van der Waals surface area contributed by atoms with E-state index in [2.05, 4.69) is 5.32 Å². The van der Waals surface area contributed by atoms with Crippen LogP contribution in [0.3, 0.4) is 0 Å². The molecular formula is C15H12ClF2NO2. The van der Waals surface area contributed by atoms with E-state index in [1.165, 1.54) is 13.0 Å². The third-order valence-corrected chi connectivity index (χ3v) is 2.96. The molecule has 0 bridgehead atoms. The van der Waals surface area contributed by atoms with Gasteiger partial charge >= 0.3 is 0 Å². The minimum absolute atomic E-state index is 0.427. The Morgan fingerprint density at radius 3 is 2.29 bits per heavy atom. The molecule has 0 heterocycles. The summed E-state index contributed by atoms with van der Waals surface area (Å²) in [5.74, 6) is -1.92. The molecule has 6 heteroatoms. The van der Waals surface area contributed by atoms with E-state index in [1.807, 2.05) is 0 Å². The van der Waals surface area contributed by atoms with Crippen LogP contribution in [0.1, 0.15) is 6.92 Å². The topological polar surface area (TPSA) is 38.3 Å². The van der Waals surface area contributed by atoms with Crippen LogP contribution in [0.15, 0.2) is 42.5 Å². The SMILES string of the molecule is CC(Oc1ccc(Cl)cc1)C(=O)Nc1c(F)cccc1F. The van der Waals surface area contributed by atoms with Gasteiger partial charge < -0.3 is 10.1 Å². The van der Waals surface area contributed by atoms with E-state index < -0.39 is 29.3 Å². The highest BCUT2D eigenvalue weighted by Gasteiger charge is 2.18. The fourth-order valence-corrected chi connectivity index (χ4v) is 1.74. The first-order valence-corrected chi connectivity index (χ1v) is 6.52. The molecule has 1 N–H and O–H groups in total. The van der Waals surface area contributed by atoms with Crippen molar-refractivity contribution in [1.82, 2.24) is 0 Å². The smallest absolute Gasteiger partial charge is 0.265 e. The molecule has 0 radical (unpaired) electrons. The lowest BCUT2D eigenvalue weighted by Gasteiger charge is -2.15. The van der Waals surface area contributed by atoms with Crippen molar-refractivity contribution in [1.29, 1.82) is 0 Å². The van der Waals surface area contributed by atoms with Gasteiger partial charge in [0.05, 0.1) is 0 Å². The van der Waals surface area contributed by atoms with E-state index in [0.29, 0.717) is 10.8 Å². The third-order valence-electron chi connectivity index (χ3n) is 2.71. The Balaban J connectivity index is 2.04. The third kappa shape index (κ3) is 3.92. The summed E-state index contributed by atoms with van der Waals surface area (Å²) in [6.45, 7) is 1.47. The van der Waals surface area contributed by atoms with Crippen LogP contribution in [0.2, 0.25) is 5.02 Å². The van der Waals surface area contributed by atoms with E-state index in [1.54, 1.807) is 24.3 Å². The molecule has 2 aromatic rings. The van der Waals surface area contributed by atoms with Crippen LogP contribution in [0.4, 0.5) is 14.5 Å². The van der Waals surface area contributed by atoms with Gasteiger partial charge in [-0.25, -0.2) is 8.78 Å². The van der Waals surface area contributed by atoms with Gasteiger partial charge in [-0.05, 0) is 43.3 Å². The molecule has 0 aliphatic rings. The second-order valence-corrected chi connectivity index (χ2v) is 4.74. The zero-order chi connectivity index (χ0) is 15.4. The van der Waals surface area contributed by atoms with Gasteiger partial charge in [-0.15, -0.1) is 0 Å². The molecule has 3 nitrogen and oxygen atoms in total. The zero-order valence-electron chi connectivity index (χ0n) is 11.1. The van der Waals surface area contributed by atoms with Gasteiger partial charge in [0.15, 0.2) is 6.10 Å². The maximum absolute atomic E-state index is 13.4. The van der Waals surface area contributed by atoms with Crippen molar-refractivity contribution in [3.05, 3.63) is 59.1 Å². The Hall–Kier alpha value is -2.14. The number of amides is 1. The summed E-state index contributed by atoms with van der Waals surface area (Å²) < 4.78 is 32.2. The molecule has 0 spiro atoms. The zero-order valence-corrected chi connectivity index (χ0v) is 11.8. The Morgan fingerprint density at radius 2 is 1.71 bits per heavy atom. The number of halogens is 3. The lowest BCUT2D eigenvalue weighted by molar-refractivity contribution is -0.122. The molecule has 0 aliphatic carbocycles. The van der Waals surface area contributed by atoms with Crippen molar-refractivity contribution in [3.8, 4) is 5.75 Å². The van der Waals surface area contributed by atoms with Gasteiger partial charge in [-0.3, -0.25) is 4.79 Å². The lowest BCUT2D eigenvalue weighted by Crippen LogP contribution is -2.30. The molecule has 110 valence electrons. The number of hydrogen-bond acceptors (Lipinski definition) is 2. The summed E-state index contributed by atoms with van der Waals surface area (Å²) in [4.78, 5) is 11.9. The highest BCUT2D eigenvalue weighted by Crippen LogP contribution is 2.20. The number of nitrogens with one attached hydrogen (secondary N) is 1. The summed E-state index contributed by atoms with van der Waals surface area (Å²) in [5, 5.41) is 2.70. The number of anilines is 1. The van der Waals surface area contributed by atoms with Crippen LogP contribution in [-0.2, 0) is 4.79 Å². The Labute approximate surface area is 125 Å². The van der Waals surface area contributed by atoms with Crippen LogP contribution >= 0.6 is 11.6 Å². The fourth-order valence-electron chi connectivity index (χ4n) is 1.61. The van der Waals surface area contributed by atoms with Gasteiger partial charge in [-0.2, -0.15) is 0 Å². The van der Waals surface area contributed by atoms with E-state index in [9.17, 15) is 13.6 Å². The molecule has 1 atom stereocenters. The Kier molecular flexibility index (Phi) is 4.75. The molecule has 21 heavy (non-hydrogen) atoms. The van der Waals surface area contributed by atoms with Gasteiger partial charge in [0.2, 0.25) is 0 Å². The number of benzene rings is 2. The summed E-state index contributed by atoms with van der Waals surface area (Å²) in [6, 6.07) is 9.74. The van der Waals surface area contributed by atoms with Crippen molar-refractivity contribution < 1.29 is 18.3 Å². The Morgan fingerprint density at radius 1 is 1.14 bits per heavy atom. The number of para-hydroxylation sites is 1. The normalized spacial score (nSPS) is 11.8. The minimum atomic E-state index is -0.926. The number of rotatable bonds is 4. The maximum Gasteiger partial charge on any atom is 0.265 e. The summed E-state index contributed by atoms with van der Waals surface area (Å²) >= 11 is 5.73. The Bertz CT molecular complexity index is 626. The highest BCUT2D eigenvalue weighted by molar-refractivity contribution is 6.30. The standard InChI is InChI=1S/C15H12ClF2NO2/c1-9(21-11-7-5-10(16)6-8-11)15(20)19-14-12(17)3-2-4-13(14)18/h2-9H,1H3,(H,19,20). The highest BCUT2D eigenvalue weighted by atomic mass is 35.5. The van der Waals surface area contributed by atoms with Crippen molar-refractivity contribution in [2.45, 2.75) is 13.0 Å². The molecule has 0 aromatic heterocycles. The fraction of sp³-hybridized carbons (Fsp3) is 0.133. The van der Waals surface area contributed by atoms with Crippen molar-refractivity contribution in [2.24, 2.45) is 0 Å². The van der Waals surface area contributed by atoms with Gasteiger partial charge in [0.1, 0.15) is 23.1 Å². The quantitative estimate of drug-likeness (QED) is 0.926. The number of carbonyl (C=O) groups is 1. The summed E-state index contributed by atoms with van der Waals surface area (Å²) in [6.07, 6.45) is -0.926. The first-order valence-electron chi connectivity index (χ1n) is 6.14. The number of ether oxygens (including phenoxy) is 1. The van der Waals surface area contributed by atoms with E-state index in [0.717, 1.165) is 12.1 Å². The average molecular weight is 312 g/mol. The monoisotopic (exact) mass is 311 g/mol. The van der Waals surface area contributed by atoms with Gasteiger partial charge in [0.25, 0.3) is 5.91 Å². The van der Waals surface area contributed by atoms with Crippen LogP contribution < -0.4 is 10.1 Å². The molecule has 0 aliphatic heterocycles. The van der Waals surface area contributed by atoms with E-state index in [-0.39, 0.29) is 0 Å². The molecule has 1 amide bonds. The molecule has 0 fully saturated rings. The summed E-state index contributed by atoms with van der Waals surface area (Å²) in [7, 11) is 0. The minimum Gasteiger partial charge on any atom is -0.481 e. The van der Waals surface area contributed by atoms with Crippen molar-refractivity contribution in [2.75, 3.05) is 5.32 Å². The van der Waals surface area contributed by atoms with Crippen LogP contribution in [0.5, 0.6) is 5.75 Å². The maximum atomic E-state index is 13.4. The molecule has 2 aromatic carbocycles. The largest absolute Gasteiger partial charge is 0.481 e. The molecule has 2 rings (SSSR count). The average Bonchev–Trinajstić information content (AvgIpc) is 2.45. The first kappa shape index (κ1) is 15.3. The molecule has 0 saturated heterocycles. The first-order chi connectivity index (χ1) is 9.97. The van der Waals surface area contributed by atoms with E-state index >= 15 is 0 Å². The second kappa shape index (κ2) is 6.54. The second-order valence-electron chi connectivity index (χ2n) is 4.30.